The lowest BCUT2D eigenvalue weighted by Crippen LogP contribution is -2.42. The van der Waals surface area contributed by atoms with Crippen molar-refractivity contribution in [2.75, 3.05) is 13.1 Å². The van der Waals surface area contributed by atoms with Crippen LogP contribution in [-0.4, -0.2) is 29.1 Å². The maximum Gasteiger partial charge on any atom is 0.329 e. The van der Waals surface area contributed by atoms with Gasteiger partial charge in [-0.15, -0.1) is 0 Å². The summed E-state index contributed by atoms with van der Waals surface area (Å²) in [4.78, 5) is 15.0. The fraction of sp³-hybridized carbons (Fsp3) is 0.400. The van der Waals surface area contributed by atoms with Gasteiger partial charge in [-0.25, -0.2) is 4.98 Å². The molecular weight excluding hydrogens is 270 g/mol. The van der Waals surface area contributed by atoms with E-state index in [2.05, 4.69) is 17.2 Å². The second-order valence-corrected chi connectivity index (χ2v) is 5.37. The van der Waals surface area contributed by atoms with Gasteiger partial charge in [0.2, 0.25) is 5.75 Å². The maximum atomic E-state index is 11.3. The summed E-state index contributed by atoms with van der Waals surface area (Å²) in [6, 6.07) is 7.33. The van der Waals surface area contributed by atoms with Gasteiger partial charge in [-0.2, -0.15) is 0 Å². The number of nitrogens with zero attached hydrogens (tertiary/aromatic N) is 2. The summed E-state index contributed by atoms with van der Waals surface area (Å²) < 4.78 is 6.03. The van der Waals surface area contributed by atoms with Crippen LogP contribution in [0.1, 0.15) is 13.3 Å². The van der Waals surface area contributed by atoms with Crippen molar-refractivity contribution in [2.45, 2.75) is 19.4 Å². The first-order valence-corrected chi connectivity index (χ1v) is 7.06. The number of piperidine rings is 1. The third kappa shape index (κ3) is 2.67. The Morgan fingerprint density at radius 2 is 2.24 bits per heavy atom. The third-order valence-electron chi connectivity index (χ3n) is 3.93. The number of nitrogens with one attached hydrogen (secondary N) is 1. The van der Waals surface area contributed by atoms with Crippen molar-refractivity contribution in [1.29, 1.82) is 0 Å². The highest BCUT2D eigenvalue weighted by Gasteiger charge is 2.27. The average Bonchev–Trinajstić information content (AvgIpc) is 2.49. The molecule has 3 rings (SSSR count). The first-order chi connectivity index (χ1) is 10.2. The lowest BCUT2D eigenvalue weighted by atomic mass is 9.97. The van der Waals surface area contributed by atoms with Gasteiger partial charge in [0.1, 0.15) is 12.3 Å². The topological polar surface area (TPSA) is 77.3 Å². The predicted octanol–water partition coefficient (Wildman–Crippen LogP) is 2.52. The third-order valence-corrected chi connectivity index (χ3v) is 3.93. The van der Waals surface area contributed by atoms with E-state index in [0.717, 1.165) is 13.0 Å². The van der Waals surface area contributed by atoms with Crippen LogP contribution in [0, 0.1) is 16.0 Å². The fourth-order valence-corrected chi connectivity index (χ4v) is 2.63. The molecule has 1 N–H and O–H groups in total. The Bertz CT molecular complexity index is 674. The van der Waals surface area contributed by atoms with Crippen LogP contribution in [0.4, 0.5) is 5.69 Å². The van der Waals surface area contributed by atoms with Crippen molar-refractivity contribution in [3.05, 3.63) is 40.6 Å². The first kappa shape index (κ1) is 13.8. The number of nitro groups is 1. The molecule has 1 aliphatic rings. The van der Waals surface area contributed by atoms with Gasteiger partial charge in [0.05, 0.1) is 10.4 Å². The minimum atomic E-state index is -0.435. The van der Waals surface area contributed by atoms with E-state index in [1.807, 2.05) is 24.3 Å². The van der Waals surface area contributed by atoms with Crippen molar-refractivity contribution in [3.63, 3.8) is 0 Å². The van der Waals surface area contributed by atoms with Gasteiger partial charge in [-0.05, 0) is 31.0 Å². The van der Waals surface area contributed by atoms with Gasteiger partial charge in [0.15, 0.2) is 0 Å². The number of hydrogen-bond donors (Lipinski definition) is 1. The van der Waals surface area contributed by atoms with Crippen LogP contribution in [0.2, 0.25) is 0 Å². The second-order valence-electron chi connectivity index (χ2n) is 5.37. The molecule has 1 aromatic heterocycles. The normalized spacial score (nSPS) is 22.1. The molecule has 6 nitrogen and oxygen atoms in total. The SMILES string of the molecule is CC1CCNCC1Oc1c([N+](=O)[O-])cnc2ccccc12. The number of aromatic nitrogens is 1. The maximum absolute atomic E-state index is 11.3. The summed E-state index contributed by atoms with van der Waals surface area (Å²) in [5, 5.41) is 15.2. The van der Waals surface area contributed by atoms with Crippen LogP contribution in [0.5, 0.6) is 5.75 Å². The lowest BCUT2D eigenvalue weighted by Gasteiger charge is -2.30. The van der Waals surface area contributed by atoms with E-state index >= 15 is 0 Å². The molecule has 2 aromatic rings. The Morgan fingerprint density at radius 1 is 1.43 bits per heavy atom. The fourth-order valence-electron chi connectivity index (χ4n) is 2.63. The Morgan fingerprint density at radius 3 is 3.00 bits per heavy atom. The summed E-state index contributed by atoms with van der Waals surface area (Å²) in [5.41, 5.74) is 0.626. The molecule has 2 atom stereocenters. The van der Waals surface area contributed by atoms with E-state index in [1.165, 1.54) is 6.20 Å². The molecule has 1 aliphatic heterocycles. The van der Waals surface area contributed by atoms with Crippen molar-refractivity contribution in [3.8, 4) is 5.75 Å². The first-order valence-electron chi connectivity index (χ1n) is 7.06. The number of benzene rings is 1. The summed E-state index contributed by atoms with van der Waals surface area (Å²) in [5.74, 6) is 0.684. The Balaban J connectivity index is 2.05. The minimum absolute atomic E-state index is 0.0664. The van der Waals surface area contributed by atoms with Crippen LogP contribution in [0.15, 0.2) is 30.5 Å². The number of hydrogen-bond acceptors (Lipinski definition) is 5. The van der Waals surface area contributed by atoms with Crippen LogP contribution in [0.25, 0.3) is 10.9 Å². The molecule has 6 heteroatoms. The number of ether oxygens (including phenoxy) is 1. The zero-order chi connectivity index (χ0) is 14.8. The van der Waals surface area contributed by atoms with Crippen LogP contribution >= 0.6 is 0 Å². The molecule has 0 aliphatic carbocycles. The molecule has 0 bridgehead atoms. The van der Waals surface area contributed by atoms with E-state index in [0.29, 0.717) is 29.1 Å². The van der Waals surface area contributed by atoms with E-state index in [1.54, 1.807) is 0 Å². The molecule has 21 heavy (non-hydrogen) atoms. The quantitative estimate of drug-likeness (QED) is 0.693. The Labute approximate surface area is 122 Å². The van der Waals surface area contributed by atoms with Crippen LogP contribution in [-0.2, 0) is 0 Å². The van der Waals surface area contributed by atoms with Gasteiger partial charge in [-0.1, -0.05) is 19.1 Å². The van der Waals surface area contributed by atoms with Crippen LogP contribution in [0.3, 0.4) is 0 Å². The number of rotatable bonds is 3. The van der Waals surface area contributed by atoms with Crippen molar-refractivity contribution < 1.29 is 9.66 Å². The van der Waals surface area contributed by atoms with Crippen LogP contribution < -0.4 is 10.1 Å². The largest absolute Gasteiger partial charge is 0.481 e. The van der Waals surface area contributed by atoms with E-state index in [9.17, 15) is 10.1 Å². The predicted molar refractivity (Wildman–Crippen MR) is 79.5 cm³/mol. The molecular formula is C15H17N3O3. The van der Waals surface area contributed by atoms with Crippen molar-refractivity contribution in [2.24, 2.45) is 5.92 Å². The molecule has 2 heterocycles. The molecule has 1 aromatic carbocycles. The highest BCUT2D eigenvalue weighted by atomic mass is 16.6. The van der Waals surface area contributed by atoms with E-state index in [-0.39, 0.29) is 11.8 Å². The van der Waals surface area contributed by atoms with Gasteiger partial charge < -0.3 is 10.1 Å². The molecule has 1 fully saturated rings. The second kappa shape index (κ2) is 5.65. The molecule has 0 saturated carbocycles. The standard InChI is InChI=1S/C15H17N3O3/c1-10-6-7-16-9-14(10)21-15-11-4-2-3-5-12(11)17-8-13(15)18(19)20/h2-5,8,10,14,16H,6-7,9H2,1H3. The van der Waals surface area contributed by atoms with Crippen molar-refractivity contribution >= 4 is 16.6 Å². The number of para-hydroxylation sites is 1. The van der Waals surface area contributed by atoms with E-state index < -0.39 is 4.92 Å². The number of fused-ring (bicyclic) bond motifs is 1. The smallest absolute Gasteiger partial charge is 0.329 e. The highest BCUT2D eigenvalue weighted by Crippen LogP contribution is 2.35. The molecule has 0 spiro atoms. The number of pyridine rings is 1. The zero-order valence-corrected chi connectivity index (χ0v) is 11.8. The van der Waals surface area contributed by atoms with Gasteiger partial charge >= 0.3 is 5.69 Å². The molecule has 1 saturated heterocycles. The summed E-state index contributed by atoms with van der Waals surface area (Å²) in [6.07, 6.45) is 2.21. The summed E-state index contributed by atoms with van der Waals surface area (Å²) >= 11 is 0. The lowest BCUT2D eigenvalue weighted by molar-refractivity contribution is -0.386. The molecule has 0 radical (unpaired) electrons. The Hall–Kier alpha value is -2.21. The average molecular weight is 287 g/mol. The van der Waals surface area contributed by atoms with Gasteiger partial charge in [0, 0.05) is 11.9 Å². The zero-order valence-electron chi connectivity index (χ0n) is 11.8. The Kier molecular flexibility index (Phi) is 3.70. The molecule has 0 amide bonds. The molecule has 2 unspecified atom stereocenters. The van der Waals surface area contributed by atoms with Gasteiger partial charge in [0.25, 0.3) is 0 Å². The van der Waals surface area contributed by atoms with E-state index in [4.69, 9.17) is 4.74 Å². The highest BCUT2D eigenvalue weighted by molar-refractivity contribution is 5.88. The minimum Gasteiger partial charge on any atom is -0.481 e. The summed E-state index contributed by atoms with van der Waals surface area (Å²) in [7, 11) is 0. The van der Waals surface area contributed by atoms with Gasteiger partial charge in [-0.3, -0.25) is 10.1 Å². The monoisotopic (exact) mass is 287 g/mol. The van der Waals surface area contributed by atoms with Crippen molar-refractivity contribution in [1.82, 2.24) is 10.3 Å². The summed E-state index contributed by atoms with van der Waals surface area (Å²) in [6.45, 7) is 3.77. The molecule has 110 valence electrons.